The molecule has 2 aromatic heterocycles. The molecule has 0 aliphatic heterocycles. The number of halogens is 4. The van der Waals surface area contributed by atoms with Crippen molar-refractivity contribution in [1.29, 1.82) is 0 Å². The first-order valence-electron chi connectivity index (χ1n) is 14.3. The minimum atomic E-state index is -0.831. The topological polar surface area (TPSA) is 119 Å². The van der Waals surface area contributed by atoms with Crippen LogP contribution in [-0.2, 0) is 19.1 Å². The molecule has 2 heterocycles. The molecule has 4 rings (SSSR count). The molecule has 2 aromatic carbocycles. The van der Waals surface area contributed by atoms with E-state index in [4.69, 9.17) is 46.4 Å². The average molecular weight is 708 g/mol. The van der Waals surface area contributed by atoms with Crippen molar-refractivity contribution in [2.24, 2.45) is 0 Å². The van der Waals surface area contributed by atoms with Crippen LogP contribution in [0.5, 0.6) is 0 Å². The van der Waals surface area contributed by atoms with E-state index in [0.717, 1.165) is 0 Å². The number of aliphatic hydroxyl groups is 2. The lowest BCUT2D eigenvalue weighted by molar-refractivity contribution is -0.141. The lowest BCUT2D eigenvalue weighted by Crippen LogP contribution is -2.15. The maximum atomic E-state index is 11.5. The summed E-state index contributed by atoms with van der Waals surface area (Å²) in [5.41, 5.74) is 2.66. The first kappa shape index (κ1) is 37.2. The van der Waals surface area contributed by atoms with Crippen molar-refractivity contribution < 1.29 is 29.3 Å². The van der Waals surface area contributed by atoms with Crippen LogP contribution in [0.4, 0.5) is 0 Å². The summed E-state index contributed by atoms with van der Waals surface area (Å²) >= 11 is 23.8. The molecule has 0 aliphatic carbocycles. The largest absolute Gasteiger partial charge is 0.469 e. The summed E-state index contributed by atoms with van der Waals surface area (Å²) in [6.07, 6.45) is 2.65. The van der Waals surface area contributed by atoms with Crippen molar-refractivity contribution in [2.75, 3.05) is 14.2 Å². The van der Waals surface area contributed by atoms with Crippen LogP contribution in [0, 0.1) is 0 Å². The fourth-order valence-electron chi connectivity index (χ4n) is 4.72. The predicted molar refractivity (Wildman–Crippen MR) is 179 cm³/mol. The van der Waals surface area contributed by atoms with Gasteiger partial charge in [0.1, 0.15) is 0 Å². The van der Waals surface area contributed by atoms with Crippen molar-refractivity contribution >= 4 is 58.3 Å². The second-order valence-electron chi connectivity index (χ2n) is 10.2. The van der Waals surface area contributed by atoms with Crippen LogP contribution in [0.2, 0.25) is 20.1 Å². The molecular formula is C34H34Cl4N2O6. The van der Waals surface area contributed by atoms with E-state index in [0.29, 0.717) is 55.4 Å². The van der Waals surface area contributed by atoms with E-state index in [-0.39, 0.29) is 36.6 Å². The SMILES string of the molecule is COC(=O)CC[C@@H](c1cc(Cl)ccn1)[C@H](O)c1ccc(Cl)cc1.COC(=O)CC[C@H](c1cc(Cl)ccn1)[C@@H](O)c1ccc(Cl)cc1. The monoisotopic (exact) mass is 706 g/mol. The molecule has 0 radical (unpaired) electrons. The van der Waals surface area contributed by atoms with E-state index in [1.807, 2.05) is 0 Å². The highest BCUT2D eigenvalue weighted by Gasteiger charge is 2.26. The van der Waals surface area contributed by atoms with Crippen molar-refractivity contribution in [2.45, 2.75) is 49.7 Å². The maximum Gasteiger partial charge on any atom is 0.305 e. The number of hydrogen-bond donors (Lipinski definition) is 2. The van der Waals surface area contributed by atoms with Crippen LogP contribution in [-0.4, -0.2) is 46.3 Å². The number of pyridine rings is 2. The van der Waals surface area contributed by atoms with Crippen LogP contribution >= 0.6 is 46.4 Å². The minimum Gasteiger partial charge on any atom is -0.469 e. The molecule has 12 heteroatoms. The highest BCUT2D eigenvalue weighted by Crippen LogP contribution is 2.36. The number of methoxy groups -OCH3 is 2. The van der Waals surface area contributed by atoms with Gasteiger partial charge < -0.3 is 19.7 Å². The zero-order chi connectivity index (χ0) is 33.6. The first-order valence-corrected chi connectivity index (χ1v) is 15.8. The van der Waals surface area contributed by atoms with E-state index < -0.39 is 12.2 Å². The van der Waals surface area contributed by atoms with Crippen LogP contribution in [0.1, 0.15) is 72.2 Å². The van der Waals surface area contributed by atoms with Gasteiger partial charge in [-0.05, 0) is 72.5 Å². The van der Waals surface area contributed by atoms with Gasteiger partial charge in [0.15, 0.2) is 0 Å². The van der Waals surface area contributed by atoms with Crippen LogP contribution < -0.4 is 0 Å². The van der Waals surface area contributed by atoms with Gasteiger partial charge in [-0.1, -0.05) is 70.7 Å². The fraction of sp³-hybridized carbons (Fsp3) is 0.294. The Kier molecular flexibility index (Phi) is 15.2. The molecule has 2 N–H and O–H groups in total. The predicted octanol–water partition coefficient (Wildman–Crippen LogP) is 8.32. The van der Waals surface area contributed by atoms with Crippen LogP contribution in [0.3, 0.4) is 0 Å². The second kappa shape index (κ2) is 18.8. The Morgan fingerprint density at radius 2 is 0.957 bits per heavy atom. The molecular weight excluding hydrogens is 674 g/mol. The van der Waals surface area contributed by atoms with Gasteiger partial charge in [-0.25, -0.2) is 0 Å². The summed E-state index contributed by atoms with van der Waals surface area (Å²) in [4.78, 5) is 31.5. The zero-order valence-corrected chi connectivity index (χ0v) is 28.2. The molecule has 0 amide bonds. The standard InChI is InChI=1S/2C17H17Cl2NO3/c2*1-23-16(21)7-6-14(15-10-13(19)8-9-20-15)17(22)11-2-4-12(18)5-3-11/h2*2-5,8-10,14,17,22H,6-7H2,1H3/t2*14-,17+/m10/s1. The Morgan fingerprint density at radius 3 is 1.26 bits per heavy atom. The minimum absolute atomic E-state index is 0.181. The Morgan fingerprint density at radius 1 is 0.609 bits per heavy atom. The molecule has 4 atom stereocenters. The number of carbonyl (C=O) groups excluding carboxylic acids is 2. The smallest absolute Gasteiger partial charge is 0.305 e. The molecule has 0 saturated carbocycles. The molecule has 8 nitrogen and oxygen atoms in total. The van der Waals surface area contributed by atoms with Gasteiger partial charge in [0.2, 0.25) is 0 Å². The highest BCUT2D eigenvalue weighted by atomic mass is 35.5. The Balaban J connectivity index is 0.000000250. The van der Waals surface area contributed by atoms with Gasteiger partial charge in [-0.3, -0.25) is 19.6 Å². The third-order valence-electron chi connectivity index (χ3n) is 7.21. The summed E-state index contributed by atoms with van der Waals surface area (Å²) in [6, 6.07) is 20.6. The summed E-state index contributed by atoms with van der Waals surface area (Å²) in [7, 11) is 2.68. The third-order valence-corrected chi connectivity index (χ3v) is 8.18. The Bertz CT molecular complexity index is 1440. The Labute approximate surface area is 288 Å². The van der Waals surface area contributed by atoms with Crippen molar-refractivity contribution in [1.82, 2.24) is 9.97 Å². The normalized spacial score (nSPS) is 13.4. The molecule has 244 valence electrons. The summed E-state index contributed by atoms with van der Waals surface area (Å²) in [5.74, 6) is -1.43. The second-order valence-corrected chi connectivity index (χ2v) is 12.0. The lowest BCUT2D eigenvalue weighted by atomic mass is 9.88. The first-order chi connectivity index (χ1) is 22.0. The van der Waals surface area contributed by atoms with E-state index >= 15 is 0 Å². The number of carbonyl (C=O) groups is 2. The number of rotatable bonds is 12. The lowest BCUT2D eigenvalue weighted by Gasteiger charge is -2.23. The number of ether oxygens (including phenoxy) is 2. The number of aliphatic hydroxyl groups excluding tert-OH is 2. The molecule has 46 heavy (non-hydrogen) atoms. The van der Waals surface area contributed by atoms with Gasteiger partial charge in [0.25, 0.3) is 0 Å². The quantitative estimate of drug-likeness (QED) is 0.141. The molecule has 0 aliphatic rings. The number of nitrogens with zero attached hydrogens (tertiary/aromatic N) is 2. The van der Waals surface area contributed by atoms with Gasteiger partial charge in [-0.15, -0.1) is 0 Å². The third kappa shape index (κ3) is 11.5. The fourth-order valence-corrected chi connectivity index (χ4v) is 5.31. The van der Waals surface area contributed by atoms with Gasteiger partial charge in [-0.2, -0.15) is 0 Å². The molecule has 0 fully saturated rings. The number of hydrogen-bond acceptors (Lipinski definition) is 8. The van der Waals surface area contributed by atoms with E-state index in [9.17, 15) is 19.8 Å². The van der Waals surface area contributed by atoms with E-state index in [1.54, 1.807) is 85.2 Å². The Hall–Kier alpha value is -3.24. The molecule has 0 bridgehead atoms. The summed E-state index contributed by atoms with van der Waals surface area (Å²) in [5, 5.41) is 23.7. The van der Waals surface area contributed by atoms with Gasteiger partial charge >= 0.3 is 11.9 Å². The van der Waals surface area contributed by atoms with Crippen molar-refractivity contribution in [3.8, 4) is 0 Å². The van der Waals surface area contributed by atoms with Gasteiger partial charge in [0, 0.05) is 68.5 Å². The summed E-state index contributed by atoms with van der Waals surface area (Å²) < 4.78 is 9.35. The van der Waals surface area contributed by atoms with E-state index in [2.05, 4.69) is 19.4 Å². The van der Waals surface area contributed by atoms with E-state index in [1.165, 1.54) is 14.2 Å². The maximum absolute atomic E-state index is 11.5. The number of benzene rings is 2. The number of esters is 2. The number of aromatic nitrogens is 2. The summed E-state index contributed by atoms with van der Waals surface area (Å²) in [6.45, 7) is 0. The zero-order valence-electron chi connectivity index (χ0n) is 25.2. The highest BCUT2D eigenvalue weighted by molar-refractivity contribution is 6.31. The van der Waals surface area contributed by atoms with Crippen molar-refractivity contribution in [3.05, 3.63) is 128 Å². The molecule has 0 unspecified atom stereocenters. The molecule has 0 saturated heterocycles. The molecule has 4 aromatic rings. The average Bonchev–Trinajstić information content (AvgIpc) is 3.05. The van der Waals surface area contributed by atoms with Crippen molar-refractivity contribution in [3.63, 3.8) is 0 Å². The van der Waals surface area contributed by atoms with Crippen LogP contribution in [0.25, 0.3) is 0 Å². The van der Waals surface area contributed by atoms with Crippen LogP contribution in [0.15, 0.2) is 85.2 Å². The van der Waals surface area contributed by atoms with Gasteiger partial charge in [0.05, 0.1) is 26.4 Å². The molecule has 0 spiro atoms.